The molecule has 0 aliphatic rings. The summed E-state index contributed by atoms with van der Waals surface area (Å²) in [5.41, 5.74) is 2.95. The maximum Gasteiger partial charge on any atom is 0.171 e. The fraction of sp³-hybridized carbons (Fsp3) is 0.125. The molecule has 2 aromatic heterocycles. The van der Waals surface area contributed by atoms with Crippen molar-refractivity contribution in [2.75, 3.05) is 12.1 Å². The number of hydrazone groups is 1. The molecule has 0 fully saturated rings. The van der Waals surface area contributed by atoms with Crippen LogP contribution >= 0.6 is 22.6 Å². The number of alkyl halides is 1. The van der Waals surface area contributed by atoms with Gasteiger partial charge in [0.2, 0.25) is 0 Å². The van der Waals surface area contributed by atoms with Crippen molar-refractivity contribution in [3.63, 3.8) is 0 Å². The van der Waals surface area contributed by atoms with Crippen LogP contribution in [0.3, 0.4) is 0 Å². The topological polar surface area (TPSA) is 54.3 Å². The van der Waals surface area contributed by atoms with Crippen LogP contribution < -0.4 is 5.01 Å². The third kappa shape index (κ3) is 3.61. The Morgan fingerprint density at radius 1 is 1.22 bits per heavy atom. The minimum atomic E-state index is -0.345. The Morgan fingerprint density at radius 2 is 1.96 bits per heavy atom. The van der Waals surface area contributed by atoms with Gasteiger partial charge in [0.25, 0.3) is 0 Å². The highest BCUT2D eigenvalue weighted by Crippen LogP contribution is 2.22. The molecule has 0 aliphatic heterocycles. The van der Waals surface area contributed by atoms with Crippen LogP contribution in [0.2, 0.25) is 0 Å². The zero-order valence-electron chi connectivity index (χ0n) is 12.3. The van der Waals surface area contributed by atoms with Crippen LogP contribution in [0.15, 0.2) is 47.7 Å². The van der Waals surface area contributed by atoms with Crippen LogP contribution in [0.5, 0.6) is 0 Å². The predicted octanol–water partition coefficient (Wildman–Crippen LogP) is 3.57. The van der Waals surface area contributed by atoms with E-state index in [0.717, 1.165) is 16.7 Å². The maximum absolute atomic E-state index is 13.2. The summed E-state index contributed by atoms with van der Waals surface area (Å²) in [5.74, 6) is 0.327. The van der Waals surface area contributed by atoms with Crippen LogP contribution in [-0.2, 0) is 4.43 Å². The lowest BCUT2D eigenvalue weighted by Crippen LogP contribution is -2.14. The van der Waals surface area contributed by atoms with Gasteiger partial charge in [-0.2, -0.15) is 5.10 Å². The summed E-state index contributed by atoms with van der Waals surface area (Å²) in [6.07, 6.45) is 2.90. The summed E-state index contributed by atoms with van der Waals surface area (Å²) in [4.78, 5) is 13.3. The molecule has 3 aromatic rings. The van der Waals surface area contributed by atoms with Gasteiger partial charge in [0, 0.05) is 23.7 Å². The maximum atomic E-state index is 13.2. The van der Waals surface area contributed by atoms with E-state index in [1.807, 2.05) is 24.3 Å². The van der Waals surface area contributed by atoms with Crippen molar-refractivity contribution in [3.8, 4) is 0 Å². The number of benzene rings is 1. The predicted molar refractivity (Wildman–Crippen MR) is 97.5 cm³/mol. The summed E-state index contributed by atoms with van der Waals surface area (Å²) in [6, 6.07) is 10.3. The lowest BCUT2D eigenvalue weighted by Gasteiger charge is -2.15. The number of para-hydroxylation sites is 2. The number of nitrogens with zero attached hydrogens (tertiary/aromatic N) is 5. The van der Waals surface area contributed by atoms with E-state index in [-0.39, 0.29) is 5.82 Å². The van der Waals surface area contributed by atoms with E-state index in [1.54, 1.807) is 12.1 Å². The smallest absolute Gasteiger partial charge is 0.171 e. The molecule has 7 heteroatoms. The zero-order chi connectivity index (χ0) is 16.2. The number of anilines is 1. The zero-order valence-corrected chi connectivity index (χ0v) is 14.5. The molecule has 5 nitrogen and oxygen atoms in total. The van der Waals surface area contributed by atoms with Crippen molar-refractivity contribution >= 4 is 45.7 Å². The monoisotopic (exact) mass is 421 g/mol. The molecule has 2 heterocycles. The Balaban J connectivity index is 1.94. The molecule has 0 atom stereocenters. The SMILES string of the molecule is CN(N=Cc1cc(F)ccn1)c1nc2ccccc2nc1CI. The lowest BCUT2D eigenvalue weighted by atomic mass is 10.3. The van der Waals surface area contributed by atoms with Gasteiger partial charge in [-0.15, -0.1) is 0 Å². The van der Waals surface area contributed by atoms with Crippen molar-refractivity contribution in [1.82, 2.24) is 15.0 Å². The molecule has 0 bridgehead atoms. The molecule has 0 saturated carbocycles. The van der Waals surface area contributed by atoms with Gasteiger partial charge in [0.1, 0.15) is 5.82 Å². The molecule has 0 unspecified atom stereocenters. The number of hydrogen-bond acceptors (Lipinski definition) is 5. The number of halogens is 2. The van der Waals surface area contributed by atoms with Gasteiger partial charge in [-0.3, -0.25) is 4.98 Å². The molecule has 116 valence electrons. The van der Waals surface area contributed by atoms with Crippen molar-refractivity contribution < 1.29 is 4.39 Å². The molecule has 0 spiro atoms. The molecular formula is C16H13FIN5. The highest BCUT2D eigenvalue weighted by molar-refractivity contribution is 14.1. The third-order valence-electron chi connectivity index (χ3n) is 3.16. The second-order valence-electron chi connectivity index (χ2n) is 4.78. The van der Waals surface area contributed by atoms with Gasteiger partial charge < -0.3 is 0 Å². The summed E-state index contributed by atoms with van der Waals surface area (Å²) in [6.45, 7) is 0. The second-order valence-corrected chi connectivity index (χ2v) is 5.55. The van der Waals surface area contributed by atoms with Crippen molar-refractivity contribution in [3.05, 3.63) is 59.8 Å². The Hall–Kier alpha value is -2.16. The molecule has 0 amide bonds. The molecule has 0 aliphatic carbocycles. The van der Waals surface area contributed by atoms with E-state index in [0.29, 0.717) is 15.9 Å². The number of rotatable bonds is 4. The first-order chi connectivity index (χ1) is 11.2. The minimum Gasteiger partial charge on any atom is -0.255 e. The molecular weight excluding hydrogens is 408 g/mol. The van der Waals surface area contributed by atoms with Crippen molar-refractivity contribution in [2.24, 2.45) is 5.10 Å². The van der Waals surface area contributed by atoms with Gasteiger partial charge in [-0.1, -0.05) is 34.7 Å². The highest BCUT2D eigenvalue weighted by Gasteiger charge is 2.11. The molecule has 0 N–H and O–H groups in total. The molecule has 0 radical (unpaired) electrons. The van der Waals surface area contributed by atoms with Crippen LogP contribution in [0.1, 0.15) is 11.4 Å². The van der Waals surface area contributed by atoms with E-state index >= 15 is 0 Å². The van der Waals surface area contributed by atoms with Crippen LogP contribution in [0.4, 0.5) is 10.2 Å². The van der Waals surface area contributed by atoms with E-state index in [2.05, 4.69) is 42.6 Å². The number of fused-ring (bicyclic) bond motifs is 1. The van der Waals surface area contributed by atoms with Crippen molar-refractivity contribution in [2.45, 2.75) is 4.43 Å². The third-order valence-corrected chi connectivity index (χ3v) is 3.88. The van der Waals surface area contributed by atoms with Gasteiger partial charge in [-0.25, -0.2) is 19.4 Å². The number of hydrogen-bond donors (Lipinski definition) is 0. The quantitative estimate of drug-likeness (QED) is 0.280. The van der Waals surface area contributed by atoms with E-state index < -0.39 is 0 Å². The number of pyridine rings is 1. The van der Waals surface area contributed by atoms with Crippen LogP contribution in [0, 0.1) is 5.82 Å². The fourth-order valence-electron chi connectivity index (χ4n) is 2.07. The molecule has 23 heavy (non-hydrogen) atoms. The average molecular weight is 421 g/mol. The summed E-state index contributed by atoms with van der Waals surface area (Å²) in [5, 5.41) is 5.92. The summed E-state index contributed by atoms with van der Waals surface area (Å²) < 4.78 is 13.9. The first-order valence-corrected chi connectivity index (χ1v) is 8.41. The largest absolute Gasteiger partial charge is 0.255 e. The van der Waals surface area contributed by atoms with Gasteiger partial charge >= 0.3 is 0 Å². The van der Waals surface area contributed by atoms with E-state index in [4.69, 9.17) is 0 Å². The van der Waals surface area contributed by atoms with Gasteiger partial charge in [-0.05, 0) is 18.2 Å². The Labute approximate surface area is 146 Å². The summed E-state index contributed by atoms with van der Waals surface area (Å²) >= 11 is 2.25. The summed E-state index contributed by atoms with van der Waals surface area (Å²) in [7, 11) is 1.78. The van der Waals surface area contributed by atoms with Crippen LogP contribution in [-0.4, -0.2) is 28.2 Å². The minimum absolute atomic E-state index is 0.345. The molecule has 3 rings (SSSR count). The van der Waals surface area contributed by atoms with Gasteiger partial charge in [0.05, 0.1) is 28.6 Å². The lowest BCUT2D eigenvalue weighted by molar-refractivity contribution is 0.625. The standard InChI is InChI=1S/C16H13FIN5/c1-23(20-10-12-8-11(17)6-7-19-12)16-15(9-18)21-13-4-2-3-5-14(13)22-16/h2-8,10H,9H2,1H3. The Kier molecular flexibility index (Phi) is 4.75. The first kappa shape index (κ1) is 15.7. The molecule has 0 saturated heterocycles. The van der Waals surface area contributed by atoms with Crippen LogP contribution in [0.25, 0.3) is 11.0 Å². The average Bonchev–Trinajstić information content (AvgIpc) is 2.58. The van der Waals surface area contributed by atoms with E-state index in [9.17, 15) is 4.39 Å². The normalized spacial score (nSPS) is 11.3. The second kappa shape index (κ2) is 6.95. The van der Waals surface area contributed by atoms with Gasteiger partial charge in [0.15, 0.2) is 5.82 Å². The number of aromatic nitrogens is 3. The Bertz CT molecular complexity index is 868. The van der Waals surface area contributed by atoms with E-state index in [1.165, 1.54) is 24.5 Å². The van der Waals surface area contributed by atoms with Crippen molar-refractivity contribution in [1.29, 1.82) is 0 Å². The highest BCUT2D eigenvalue weighted by atomic mass is 127. The Morgan fingerprint density at radius 3 is 2.65 bits per heavy atom. The first-order valence-electron chi connectivity index (χ1n) is 6.88. The molecule has 1 aromatic carbocycles. The fourth-order valence-corrected chi connectivity index (χ4v) is 2.58.